The van der Waals surface area contributed by atoms with Crippen molar-refractivity contribution in [2.24, 2.45) is 5.41 Å². The van der Waals surface area contributed by atoms with Gasteiger partial charge in [0.2, 0.25) is 5.91 Å². The van der Waals surface area contributed by atoms with Crippen molar-refractivity contribution in [3.8, 4) is 0 Å². The number of H-pyrrole nitrogens is 1. The fourth-order valence-corrected chi connectivity index (χ4v) is 3.91. The van der Waals surface area contributed by atoms with Crippen molar-refractivity contribution < 1.29 is 4.79 Å². The van der Waals surface area contributed by atoms with Crippen LogP contribution in [0.3, 0.4) is 0 Å². The van der Waals surface area contributed by atoms with Crippen molar-refractivity contribution in [1.29, 1.82) is 0 Å². The van der Waals surface area contributed by atoms with E-state index in [4.69, 9.17) is 0 Å². The largest absolute Gasteiger partial charge is 0.359 e. The highest BCUT2D eigenvalue weighted by molar-refractivity contribution is 7.80. The van der Waals surface area contributed by atoms with Crippen molar-refractivity contribution in [3.63, 3.8) is 0 Å². The van der Waals surface area contributed by atoms with Crippen LogP contribution in [-0.4, -0.2) is 22.0 Å². The van der Waals surface area contributed by atoms with Crippen LogP contribution in [0.15, 0.2) is 46.9 Å². The van der Waals surface area contributed by atoms with Gasteiger partial charge in [-0.25, -0.2) is 4.98 Å². The van der Waals surface area contributed by atoms with Gasteiger partial charge in [-0.15, -0.1) is 12.6 Å². The Hall–Kier alpha value is -1.58. The first kappa shape index (κ1) is 14.0. The van der Waals surface area contributed by atoms with E-state index in [1.165, 1.54) is 5.57 Å². The average Bonchev–Trinajstić information content (AvgIpc) is 3.29. The first-order valence-corrected chi connectivity index (χ1v) is 9.00. The van der Waals surface area contributed by atoms with Crippen LogP contribution in [0.5, 0.6) is 0 Å². The number of anilines is 1. The number of nitrogens with zero attached hydrogens (tertiary/aromatic N) is 1. The summed E-state index contributed by atoms with van der Waals surface area (Å²) in [6.07, 6.45) is 10.8. The van der Waals surface area contributed by atoms with Crippen LogP contribution in [0.4, 0.5) is 5.82 Å². The number of aromatic amines is 1. The van der Waals surface area contributed by atoms with Crippen molar-refractivity contribution in [2.45, 2.75) is 17.7 Å². The molecule has 0 saturated heterocycles. The molecule has 6 heteroatoms. The maximum absolute atomic E-state index is 12.7. The van der Waals surface area contributed by atoms with Gasteiger partial charge in [0.25, 0.3) is 0 Å². The van der Waals surface area contributed by atoms with Crippen molar-refractivity contribution >= 4 is 43.8 Å². The number of aromatic nitrogens is 2. The van der Waals surface area contributed by atoms with Gasteiger partial charge in [-0.1, -0.05) is 26.5 Å². The van der Waals surface area contributed by atoms with Gasteiger partial charge in [-0.2, -0.15) is 0 Å². The summed E-state index contributed by atoms with van der Waals surface area (Å²) >= 11 is 4.40. The maximum Gasteiger partial charge on any atom is 0.236 e. The SMILES string of the molecule is O=C(Nc1cc2c(S)c[nH]c2cn1)C1(C2=CCPC=C2)CC1. The lowest BCUT2D eigenvalue weighted by Gasteiger charge is -2.18. The van der Waals surface area contributed by atoms with Crippen LogP contribution < -0.4 is 5.32 Å². The van der Waals surface area contributed by atoms with Crippen molar-refractivity contribution in [1.82, 2.24) is 9.97 Å². The van der Waals surface area contributed by atoms with Gasteiger partial charge in [0.15, 0.2) is 0 Å². The molecule has 3 heterocycles. The minimum atomic E-state index is -0.333. The molecule has 4 rings (SSSR count). The van der Waals surface area contributed by atoms with Gasteiger partial charge < -0.3 is 10.3 Å². The second-order valence-corrected chi connectivity index (χ2v) is 7.36. The minimum absolute atomic E-state index is 0.0525. The van der Waals surface area contributed by atoms with E-state index in [1.807, 2.05) is 12.3 Å². The Morgan fingerprint density at radius 1 is 1.45 bits per heavy atom. The lowest BCUT2D eigenvalue weighted by atomic mass is 9.94. The lowest BCUT2D eigenvalue weighted by molar-refractivity contribution is -0.119. The summed E-state index contributed by atoms with van der Waals surface area (Å²) in [4.78, 5) is 21.0. The van der Waals surface area contributed by atoms with Crippen LogP contribution >= 0.6 is 21.2 Å². The normalized spacial score (nSPS) is 20.1. The van der Waals surface area contributed by atoms with E-state index in [0.29, 0.717) is 5.82 Å². The molecule has 1 aliphatic carbocycles. The Morgan fingerprint density at radius 3 is 3.05 bits per heavy atom. The number of hydrogen-bond acceptors (Lipinski definition) is 3. The maximum atomic E-state index is 12.7. The number of hydrogen-bond donors (Lipinski definition) is 3. The summed E-state index contributed by atoms with van der Waals surface area (Å²) in [6.45, 7) is 0. The summed E-state index contributed by atoms with van der Waals surface area (Å²) in [5, 5.41) is 3.95. The first-order valence-electron chi connectivity index (χ1n) is 7.27. The van der Waals surface area contributed by atoms with E-state index in [1.54, 1.807) is 6.20 Å². The molecule has 2 N–H and O–H groups in total. The molecule has 1 fully saturated rings. The summed E-state index contributed by atoms with van der Waals surface area (Å²) < 4.78 is 0. The fraction of sp³-hybridized carbons (Fsp3) is 0.250. The van der Waals surface area contributed by atoms with Crippen LogP contribution in [0.25, 0.3) is 10.9 Å². The van der Waals surface area contributed by atoms with E-state index < -0.39 is 0 Å². The van der Waals surface area contributed by atoms with Gasteiger partial charge in [0.05, 0.1) is 17.1 Å². The molecule has 0 bridgehead atoms. The predicted molar refractivity (Wildman–Crippen MR) is 94.0 cm³/mol. The Morgan fingerprint density at radius 2 is 2.32 bits per heavy atom. The third-order valence-electron chi connectivity index (χ3n) is 4.34. The monoisotopic (exact) mass is 329 g/mol. The number of nitrogens with one attached hydrogen (secondary N) is 2. The Kier molecular flexibility index (Phi) is 3.35. The third-order valence-corrected chi connectivity index (χ3v) is 5.56. The van der Waals surface area contributed by atoms with Gasteiger partial charge in [0, 0.05) is 16.5 Å². The van der Waals surface area contributed by atoms with Crippen LogP contribution in [0.2, 0.25) is 0 Å². The third kappa shape index (κ3) is 2.29. The molecule has 1 amide bonds. The molecule has 1 atom stereocenters. The fourth-order valence-electron chi connectivity index (χ4n) is 2.89. The highest BCUT2D eigenvalue weighted by atomic mass is 32.1. The predicted octanol–water partition coefficient (Wildman–Crippen LogP) is 3.70. The number of pyridine rings is 1. The first-order chi connectivity index (χ1) is 10.7. The Labute approximate surface area is 135 Å². The number of rotatable bonds is 3. The Bertz CT molecular complexity index is 820. The summed E-state index contributed by atoms with van der Waals surface area (Å²) in [5.41, 5.74) is 1.75. The average molecular weight is 329 g/mol. The van der Waals surface area contributed by atoms with Gasteiger partial charge >= 0.3 is 0 Å². The van der Waals surface area contributed by atoms with Crippen molar-refractivity contribution in [3.05, 3.63) is 42.0 Å². The molecule has 1 unspecified atom stereocenters. The zero-order chi connectivity index (χ0) is 15.2. The van der Waals surface area contributed by atoms with Gasteiger partial charge in [0.1, 0.15) is 5.82 Å². The molecule has 4 nitrogen and oxygen atoms in total. The molecule has 2 aromatic heterocycles. The number of carbonyl (C=O) groups is 1. The van der Waals surface area contributed by atoms with Gasteiger partial charge in [-0.3, -0.25) is 4.79 Å². The van der Waals surface area contributed by atoms with Gasteiger partial charge in [-0.05, 0) is 30.6 Å². The van der Waals surface area contributed by atoms with E-state index >= 15 is 0 Å². The summed E-state index contributed by atoms with van der Waals surface area (Å²) in [7, 11) is 0.840. The molecule has 112 valence electrons. The number of fused-ring (bicyclic) bond motifs is 1. The van der Waals surface area contributed by atoms with Crippen LogP contribution in [0, 0.1) is 5.41 Å². The molecule has 1 saturated carbocycles. The molecule has 2 aromatic rings. The molecule has 22 heavy (non-hydrogen) atoms. The highest BCUT2D eigenvalue weighted by Gasteiger charge is 2.52. The van der Waals surface area contributed by atoms with E-state index in [0.717, 1.165) is 43.4 Å². The molecular weight excluding hydrogens is 313 g/mol. The topological polar surface area (TPSA) is 57.8 Å². The molecule has 1 aliphatic heterocycles. The number of thiol groups is 1. The van der Waals surface area contributed by atoms with E-state index in [-0.39, 0.29) is 11.3 Å². The minimum Gasteiger partial charge on any atom is -0.359 e. The number of carbonyl (C=O) groups excluding carboxylic acids is 1. The smallest absolute Gasteiger partial charge is 0.236 e. The van der Waals surface area contributed by atoms with Crippen LogP contribution in [-0.2, 0) is 4.79 Å². The number of amides is 1. The van der Waals surface area contributed by atoms with Crippen LogP contribution in [0.1, 0.15) is 12.8 Å². The summed E-state index contributed by atoms with van der Waals surface area (Å²) in [6, 6.07) is 1.87. The lowest BCUT2D eigenvalue weighted by Crippen LogP contribution is -2.26. The molecule has 0 radical (unpaired) electrons. The molecular formula is C16H16N3OPS. The Balaban J connectivity index is 1.59. The second-order valence-electron chi connectivity index (χ2n) is 5.73. The molecule has 0 aromatic carbocycles. The second kappa shape index (κ2) is 5.25. The standard InChI is InChI=1S/C16H16N3OPS/c20-15(16(3-4-16)10-1-5-21-6-2-10)19-14-7-11-12(8-18-14)17-9-13(11)22/h1-2,5,7-9,17,21-22H,3-4,6H2,(H,18,19,20). The van der Waals surface area contributed by atoms with Crippen molar-refractivity contribution in [2.75, 3.05) is 11.5 Å². The molecule has 0 spiro atoms. The zero-order valence-electron chi connectivity index (χ0n) is 11.9. The summed E-state index contributed by atoms with van der Waals surface area (Å²) in [5.74, 6) is 2.82. The quantitative estimate of drug-likeness (QED) is 0.594. The van der Waals surface area contributed by atoms with E-state index in [2.05, 4.69) is 45.9 Å². The molecule has 2 aliphatic rings. The highest BCUT2D eigenvalue weighted by Crippen LogP contribution is 2.54. The zero-order valence-corrected chi connectivity index (χ0v) is 13.8. The van der Waals surface area contributed by atoms with E-state index in [9.17, 15) is 4.79 Å². The number of allylic oxidation sites excluding steroid dienone is 2.